The number of benzene rings is 2. The number of nitrogens with zero attached hydrogens (tertiary/aromatic N) is 1. The summed E-state index contributed by atoms with van der Waals surface area (Å²) in [5, 5.41) is 0.861. The van der Waals surface area contributed by atoms with Crippen molar-refractivity contribution >= 4 is 16.8 Å². The van der Waals surface area contributed by atoms with E-state index in [1.165, 1.54) is 0 Å². The minimum atomic E-state index is -0.201. The summed E-state index contributed by atoms with van der Waals surface area (Å²) in [6.07, 6.45) is 1.10. The van der Waals surface area contributed by atoms with Gasteiger partial charge in [0.1, 0.15) is 5.75 Å². The number of carbonyl (C=O) groups is 1. The summed E-state index contributed by atoms with van der Waals surface area (Å²) in [6, 6.07) is 15.1. The Labute approximate surface area is 184 Å². The monoisotopic (exact) mass is 420 g/mol. The molecule has 1 amide bonds. The SMILES string of the molecule is CCN(CCC(C)(C)C)C(=O)Cc1c(-c2ccccc2)c(=O)[nH]c2cc(OC)ccc12. The maximum Gasteiger partial charge on any atom is 0.256 e. The number of aromatic nitrogens is 1. The van der Waals surface area contributed by atoms with Crippen LogP contribution in [0.5, 0.6) is 5.75 Å². The van der Waals surface area contributed by atoms with E-state index in [1.807, 2.05) is 54.3 Å². The number of H-pyrrole nitrogens is 1. The van der Waals surface area contributed by atoms with Gasteiger partial charge in [-0.2, -0.15) is 0 Å². The van der Waals surface area contributed by atoms with Gasteiger partial charge in [-0.15, -0.1) is 0 Å². The van der Waals surface area contributed by atoms with E-state index in [4.69, 9.17) is 4.74 Å². The number of ether oxygens (including phenoxy) is 1. The first-order chi connectivity index (χ1) is 14.7. The van der Waals surface area contributed by atoms with Crippen LogP contribution < -0.4 is 10.3 Å². The van der Waals surface area contributed by atoms with Gasteiger partial charge in [-0.25, -0.2) is 0 Å². The first-order valence-electron chi connectivity index (χ1n) is 10.8. The lowest BCUT2D eigenvalue weighted by atomic mass is 9.91. The zero-order chi connectivity index (χ0) is 22.6. The van der Waals surface area contributed by atoms with Gasteiger partial charge in [-0.3, -0.25) is 9.59 Å². The third-order valence-electron chi connectivity index (χ3n) is 5.59. The van der Waals surface area contributed by atoms with Crippen molar-refractivity contribution in [3.05, 3.63) is 64.4 Å². The van der Waals surface area contributed by atoms with Crippen LogP contribution >= 0.6 is 0 Å². The highest BCUT2D eigenvalue weighted by molar-refractivity contribution is 5.94. The molecule has 0 saturated carbocycles. The zero-order valence-corrected chi connectivity index (χ0v) is 19.1. The van der Waals surface area contributed by atoms with Crippen molar-refractivity contribution in [2.45, 2.75) is 40.5 Å². The second-order valence-electron chi connectivity index (χ2n) is 9.05. The molecule has 0 bridgehead atoms. The smallest absolute Gasteiger partial charge is 0.256 e. The van der Waals surface area contributed by atoms with Crippen LogP contribution in [-0.4, -0.2) is 36.0 Å². The van der Waals surface area contributed by atoms with Crippen molar-refractivity contribution in [3.8, 4) is 16.9 Å². The molecule has 0 radical (unpaired) electrons. The van der Waals surface area contributed by atoms with Gasteiger partial charge < -0.3 is 14.6 Å². The van der Waals surface area contributed by atoms with Gasteiger partial charge in [-0.05, 0) is 42.0 Å². The van der Waals surface area contributed by atoms with Crippen LogP contribution in [0.15, 0.2) is 53.3 Å². The molecule has 2 aromatic carbocycles. The number of methoxy groups -OCH3 is 1. The number of carbonyl (C=O) groups excluding carboxylic acids is 1. The van der Waals surface area contributed by atoms with Crippen LogP contribution in [0, 0.1) is 5.41 Å². The second kappa shape index (κ2) is 9.38. The van der Waals surface area contributed by atoms with Crippen molar-refractivity contribution in [2.24, 2.45) is 5.41 Å². The number of hydrogen-bond donors (Lipinski definition) is 1. The van der Waals surface area contributed by atoms with E-state index in [9.17, 15) is 9.59 Å². The summed E-state index contributed by atoms with van der Waals surface area (Å²) >= 11 is 0. The topological polar surface area (TPSA) is 62.4 Å². The highest BCUT2D eigenvalue weighted by Gasteiger charge is 2.21. The van der Waals surface area contributed by atoms with Crippen molar-refractivity contribution in [3.63, 3.8) is 0 Å². The van der Waals surface area contributed by atoms with Gasteiger partial charge in [-0.1, -0.05) is 51.1 Å². The van der Waals surface area contributed by atoms with Gasteiger partial charge in [0.05, 0.1) is 24.6 Å². The molecule has 0 atom stereocenters. The van der Waals surface area contributed by atoms with Crippen LogP contribution in [0.1, 0.15) is 39.7 Å². The minimum absolute atomic E-state index is 0.0339. The van der Waals surface area contributed by atoms with Gasteiger partial charge in [0.15, 0.2) is 0 Å². The van der Waals surface area contributed by atoms with E-state index < -0.39 is 0 Å². The number of nitrogens with one attached hydrogen (secondary N) is 1. The van der Waals surface area contributed by atoms with Crippen LogP contribution in [0.4, 0.5) is 0 Å². The summed E-state index contributed by atoms with van der Waals surface area (Å²) in [5.74, 6) is 0.694. The van der Waals surface area contributed by atoms with Gasteiger partial charge >= 0.3 is 0 Å². The lowest BCUT2D eigenvalue weighted by molar-refractivity contribution is -0.130. The Bertz CT molecular complexity index is 1110. The van der Waals surface area contributed by atoms with Crippen LogP contribution in [0.25, 0.3) is 22.0 Å². The lowest BCUT2D eigenvalue weighted by Crippen LogP contribution is -2.35. The molecular weight excluding hydrogens is 388 g/mol. The predicted molar refractivity (Wildman–Crippen MR) is 127 cm³/mol. The Hall–Kier alpha value is -3.08. The molecule has 3 aromatic rings. The molecule has 5 heteroatoms. The number of pyridine rings is 1. The van der Waals surface area contributed by atoms with E-state index in [1.54, 1.807) is 13.2 Å². The highest BCUT2D eigenvalue weighted by atomic mass is 16.5. The summed E-state index contributed by atoms with van der Waals surface area (Å²) in [5.41, 5.74) is 2.74. The molecule has 5 nitrogen and oxygen atoms in total. The Balaban J connectivity index is 2.10. The summed E-state index contributed by atoms with van der Waals surface area (Å²) < 4.78 is 5.32. The van der Waals surface area contributed by atoms with E-state index >= 15 is 0 Å². The van der Waals surface area contributed by atoms with E-state index in [0.29, 0.717) is 29.9 Å². The maximum absolute atomic E-state index is 13.3. The van der Waals surface area contributed by atoms with Gasteiger partial charge in [0.2, 0.25) is 5.91 Å². The van der Waals surface area contributed by atoms with Crippen LogP contribution in [-0.2, 0) is 11.2 Å². The molecule has 31 heavy (non-hydrogen) atoms. The third kappa shape index (κ3) is 5.35. The standard InChI is InChI=1S/C26H32N2O3/c1-6-28(15-14-26(2,3)4)23(29)17-21-20-13-12-19(31-5)16-22(20)27-25(30)24(21)18-10-8-7-9-11-18/h7-13,16H,6,14-15,17H2,1-5H3,(H,27,30). The molecule has 3 rings (SSSR count). The number of fused-ring (bicyclic) bond motifs is 1. The fourth-order valence-corrected chi connectivity index (χ4v) is 3.76. The fraction of sp³-hybridized carbons (Fsp3) is 0.385. The molecular formula is C26H32N2O3. The van der Waals surface area contributed by atoms with Gasteiger partial charge in [0.25, 0.3) is 5.56 Å². The zero-order valence-electron chi connectivity index (χ0n) is 19.1. The number of aromatic amines is 1. The highest BCUT2D eigenvalue weighted by Crippen LogP contribution is 2.29. The molecule has 1 heterocycles. The van der Waals surface area contributed by atoms with E-state index in [0.717, 1.165) is 22.9 Å². The Morgan fingerprint density at radius 1 is 1.10 bits per heavy atom. The van der Waals surface area contributed by atoms with E-state index in [2.05, 4.69) is 25.8 Å². The molecule has 1 N–H and O–H groups in total. The number of likely N-dealkylation sites (N-methyl/N-ethyl adjacent to an activating group) is 1. The molecule has 164 valence electrons. The Morgan fingerprint density at radius 3 is 2.42 bits per heavy atom. The summed E-state index contributed by atoms with van der Waals surface area (Å²) in [4.78, 5) is 31.3. The molecule has 0 aliphatic heterocycles. The molecule has 0 aliphatic rings. The van der Waals surface area contributed by atoms with Gasteiger partial charge in [0, 0.05) is 24.5 Å². The summed E-state index contributed by atoms with van der Waals surface area (Å²) in [6.45, 7) is 9.88. The van der Waals surface area contributed by atoms with E-state index in [-0.39, 0.29) is 23.3 Å². The average molecular weight is 421 g/mol. The third-order valence-corrected chi connectivity index (χ3v) is 5.59. The molecule has 1 aromatic heterocycles. The van der Waals surface area contributed by atoms with Crippen LogP contribution in [0.2, 0.25) is 0 Å². The Kier molecular flexibility index (Phi) is 6.84. The first kappa shape index (κ1) is 22.6. The maximum atomic E-state index is 13.3. The van der Waals surface area contributed by atoms with Crippen molar-refractivity contribution in [1.82, 2.24) is 9.88 Å². The quantitative estimate of drug-likeness (QED) is 0.583. The van der Waals surface area contributed by atoms with Crippen molar-refractivity contribution in [2.75, 3.05) is 20.2 Å². The second-order valence-corrected chi connectivity index (χ2v) is 9.05. The fourth-order valence-electron chi connectivity index (χ4n) is 3.76. The predicted octanol–water partition coefficient (Wildman–Crippen LogP) is 5.03. The Morgan fingerprint density at radius 2 is 1.81 bits per heavy atom. The molecule has 0 spiro atoms. The summed E-state index contributed by atoms with van der Waals surface area (Å²) in [7, 11) is 1.59. The largest absolute Gasteiger partial charge is 0.497 e. The van der Waals surface area contributed by atoms with Crippen molar-refractivity contribution < 1.29 is 9.53 Å². The molecule has 0 saturated heterocycles. The molecule has 0 aliphatic carbocycles. The molecule has 0 unspecified atom stereocenters. The number of hydrogen-bond acceptors (Lipinski definition) is 3. The lowest BCUT2D eigenvalue weighted by Gasteiger charge is -2.26. The molecule has 0 fully saturated rings. The normalized spacial score (nSPS) is 11.5. The number of rotatable bonds is 7. The van der Waals surface area contributed by atoms with Crippen LogP contribution in [0.3, 0.4) is 0 Å². The van der Waals surface area contributed by atoms with Crippen molar-refractivity contribution in [1.29, 1.82) is 0 Å². The number of amides is 1. The minimum Gasteiger partial charge on any atom is -0.497 e. The first-order valence-corrected chi connectivity index (χ1v) is 10.8. The average Bonchev–Trinajstić information content (AvgIpc) is 2.73.